The van der Waals surface area contributed by atoms with Crippen LogP contribution in [-0.4, -0.2) is 63.1 Å². The lowest BCUT2D eigenvalue weighted by Crippen LogP contribution is -2.41. The van der Waals surface area contributed by atoms with Crippen molar-refractivity contribution in [2.45, 2.75) is 18.9 Å². The number of aliphatic carboxylic acids is 1. The molecule has 2 aromatic rings. The fraction of sp³-hybridized carbons (Fsp3) is 0.333. The van der Waals surface area contributed by atoms with E-state index >= 15 is 0 Å². The van der Waals surface area contributed by atoms with Gasteiger partial charge >= 0.3 is 5.97 Å². The highest BCUT2D eigenvalue weighted by molar-refractivity contribution is 5.96. The first kappa shape index (κ1) is 19.3. The van der Waals surface area contributed by atoms with Crippen molar-refractivity contribution in [2.24, 2.45) is 0 Å². The number of nitrogens with one attached hydrogen (secondary N) is 1. The van der Waals surface area contributed by atoms with Crippen LogP contribution in [0.15, 0.2) is 49.3 Å². The number of carboxylic acid groups (broad SMARTS) is 1. The summed E-state index contributed by atoms with van der Waals surface area (Å²) >= 11 is 0. The van der Waals surface area contributed by atoms with Crippen molar-refractivity contribution in [3.05, 3.63) is 54.9 Å². The van der Waals surface area contributed by atoms with E-state index in [4.69, 9.17) is 0 Å². The number of aromatic nitrogens is 3. The molecule has 8 heteroatoms. The van der Waals surface area contributed by atoms with Gasteiger partial charge in [-0.15, -0.1) is 11.7 Å². The van der Waals surface area contributed by atoms with Crippen LogP contribution < -0.4 is 5.32 Å². The second-order valence-corrected chi connectivity index (χ2v) is 5.95. The Morgan fingerprint density at radius 1 is 1.38 bits per heavy atom. The van der Waals surface area contributed by atoms with E-state index in [0.29, 0.717) is 18.4 Å². The van der Waals surface area contributed by atoms with Crippen LogP contribution in [0.5, 0.6) is 0 Å². The van der Waals surface area contributed by atoms with Gasteiger partial charge in [0, 0.05) is 12.1 Å². The van der Waals surface area contributed by atoms with Crippen LogP contribution >= 0.6 is 0 Å². The van der Waals surface area contributed by atoms with Crippen LogP contribution in [0.2, 0.25) is 0 Å². The molecule has 26 heavy (non-hydrogen) atoms. The molecule has 1 aromatic carbocycles. The molecule has 0 bridgehead atoms. The van der Waals surface area contributed by atoms with Crippen molar-refractivity contribution in [1.82, 2.24) is 25.2 Å². The highest BCUT2D eigenvalue weighted by Gasteiger charge is 2.20. The number of carbonyl (C=O) groups is 2. The molecule has 0 saturated carbocycles. The Kier molecular flexibility index (Phi) is 7.04. The standard InChI is InChI=1S/C18H23N5O3/c1-3-11-22(2)12-4-5-16(18(25)26)20-17(24)14-6-8-15(9-7-14)23-13-10-19-21-23/h3,6-10,13,16H,1,4-5,11-12H2,2H3,(H,20,24)(H,25,26)/t16-/m0/s1. The maximum absolute atomic E-state index is 12.3. The number of likely N-dealkylation sites (N-methyl/N-ethyl adjacent to an activating group) is 1. The minimum atomic E-state index is -1.04. The summed E-state index contributed by atoms with van der Waals surface area (Å²) in [6, 6.07) is 5.79. The summed E-state index contributed by atoms with van der Waals surface area (Å²) in [6.45, 7) is 5.14. The topological polar surface area (TPSA) is 100 Å². The molecule has 0 unspecified atom stereocenters. The highest BCUT2D eigenvalue weighted by Crippen LogP contribution is 2.09. The van der Waals surface area contributed by atoms with Crippen LogP contribution in [0.25, 0.3) is 5.69 Å². The zero-order chi connectivity index (χ0) is 18.9. The first-order chi connectivity index (χ1) is 12.5. The fourth-order valence-corrected chi connectivity index (χ4v) is 2.49. The van der Waals surface area contributed by atoms with Gasteiger partial charge < -0.3 is 15.3 Å². The van der Waals surface area contributed by atoms with Crippen molar-refractivity contribution in [3.63, 3.8) is 0 Å². The zero-order valence-corrected chi connectivity index (χ0v) is 14.7. The van der Waals surface area contributed by atoms with Gasteiger partial charge in [0.1, 0.15) is 6.04 Å². The van der Waals surface area contributed by atoms with Gasteiger partial charge in [-0.3, -0.25) is 4.79 Å². The first-order valence-corrected chi connectivity index (χ1v) is 8.31. The third kappa shape index (κ3) is 5.52. The average Bonchev–Trinajstić information content (AvgIpc) is 3.15. The van der Waals surface area contributed by atoms with E-state index in [1.807, 2.05) is 11.9 Å². The molecule has 0 fully saturated rings. The predicted octanol–water partition coefficient (Wildman–Crippen LogP) is 1.35. The number of hydrogen-bond donors (Lipinski definition) is 2. The van der Waals surface area contributed by atoms with Gasteiger partial charge in [0.2, 0.25) is 0 Å². The Balaban J connectivity index is 1.92. The van der Waals surface area contributed by atoms with Crippen molar-refractivity contribution >= 4 is 11.9 Å². The summed E-state index contributed by atoms with van der Waals surface area (Å²) in [4.78, 5) is 25.8. The molecular formula is C18H23N5O3. The monoisotopic (exact) mass is 357 g/mol. The number of benzene rings is 1. The molecule has 1 atom stereocenters. The van der Waals surface area contributed by atoms with Crippen molar-refractivity contribution < 1.29 is 14.7 Å². The molecule has 8 nitrogen and oxygen atoms in total. The van der Waals surface area contributed by atoms with E-state index in [1.54, 1.807) is 47.4 Å². The highest BCUT2D eigenvalue weighted by atomic mass is 16.4. The van der Waals surface area contributed by atoms with E-state index in [-0.39, 0.29) is 0 Å². The number of nitrogens with zero attached hydrogens (tertiary/aromatic N) is 4. The molecule has 0 aliphatic heterocycles. The minimum absolute atomic E-state index is 0.361. The Labute approximate surface area is 152 Å². The summed E-state index contributed by atoms with van der Waals surface area (Å²) in [6.07, 6.45) is 6.06. The quantitative estimate of drug-likeness (QED) is 0.623. The normalized spacial score (nSPS) is 11.9. The third-order valence-electron chi connectivity index (χ3n) is 3.89. The largest absolute Gasteiger partial charge is 0.480 e. The molecule has 2 N–H and O–H groups in total. The van der Waals surface area contributed by atoms with Gasteiger partial charge in [-0.25, -0.2) is 9.48 Å². The molecule has 1 amide bonds. The second-order valence-electron chi connectivity index (χ2n) is 5.95. The molecule has 138 valence electrons. The van der Waals surface area contributed by atoms with Gasteiger partial charge in [0.25, 0.3) is 5.91 Å². The van der Waals surface area contributed by atoms with Gasteiger partial charge in [-0.05, 0) is 50.7 Å². The molecule has 1 aromatic heterocycles. The molecule has 0 aliphatic carbocycles. The maximum Gasteiger partial charge on any atom is 0.326 e. The van der Waals surface area contributed by atoms with Gasteiger partial charge in [-0.2, -0.15) is 0 Å². The third-order valence-corrected chi connectivity index (χ3v) is 3.89. The molecule has 0 radical (unpaired) electrons. The van der Waals surface area contributed by atoms with Gasteiger partial charge in [-0.1, -0.05) is 11.3 Å². The van der Waals surface area contributed by atoms with E-state index in [0.717, 1.165) is 18.8 Å². The van der Waals surface area contributed by atoms with Crippen molar-refractivity contribution in [1.29, 1.82) is 0 Å². The van der Waals surface area contributed by atoms with Crippen molar-refractivity contribution in [3.8, 4) is 5.69 Å². The van der Waals surface area contributed by atoms with Crippen LogP contribution in [0.3, 0.4) is 0 Å². The minimum Gasteiger partial charge on any atom is -0.480 e. The molecule has 0 saturated heterocycles. The fourth-order valence-electron chi connectivity index (χ4n) is 2.49. The number of hydrogen-bond acceptors (Lipinski definition) is 5. The van der Waals surface area contributed by atoms with Crippen LogP contribution in [-0.2, 0) is 4.79 Å². The van der Waals surface area contributed by atoms with Gasteiger partial charge in [0.15, 0.2) is 0 Å². The Morgan fingerprint density at radius 2 is 2.12 bits per heavy atom. The van der Waals surface area contributed by atoms with Gasteiger partial charge in [0.05, 0.1) is 18.1 Å². The van der Waals surface area contributed by atoms with Crippen molar-refractivity contribution in [2.75, 3.05) is 20.1 Å². The zero-order valence-electron chi connectivity index (χ0n) is 14.7. The van der Waals surface area contributed by atoms with Crippen LogP contribution in [0, 0.1) is 0 Å². The Bertz CT molecular complexity index is 728. The summed E-state index contributed by atoms with van der Waals surface area (Å²) in [5.74, 6) is -1.45. The van der Waals surface area contributed by atoms with E-state index in [2.05, 4.69) is 22.2 Å². The average molecular weight is 357 g/mol. The van der Waals surface area contributed by atoms with E-state index in [1.165, 1.54) is 0 Å². The number of carboxylic acids is 1. The maximum atomic E-state index is 12.3. The smallest absolute Gasteiger partial charge is 0.326 e. The van der Waals surface area contributed by atoms with Crippen LogP contribution in [0.1, 0.15) is 23.2 Å². The Hall–Kier alpha value is -3.00. The molecule has 0 aliphatic rings. The second kappa shape index (κ2) is 9.47. The summed E-state index contributed by atoms with van der Waals surface area (Å²) < 4.78 is 1.57. The lowest BCUT2D eigenvalue weighted by molar-refractivity contribution is -0.139. The van der Waals surface area contributed by atoms with Crippen LogP contribution in [0.4, 0.5) is 0 Å². The molecule has 1 heterocycles. The molecule has 0 spiro atoms. The SMILES string of the molecule is C=CCN(C)CCC[C@H](NC(=O)c1ccc(-n2ccnn2)cc1)C(=O)O. The molecular weight excluding hydrogens is 334 g/mol. The Morgan fingerprint density at radius 3 is 2.69 bits per heavy atom. The summed E-state index contributed by atoms with van der Waals surface area (Å²) in [5, 5.41) is 19.5. The summed E-state index contributed by atoms with van der Waals surface area (Å²) in [5.41, 5.74) is 1.16. The number of carbonyl (C=O) groups excluding carboxylic acids is 1. The predicted molar refractivity (Wildman–Crippen MR) is 97.2 cm³/mol. The molecule has 2 rings (SSSR count). The first-order valence-electron chi connectivity index (χ1n) is 8.31. The summed E-state index contributed by atoms with van der Waals surface area (Å²) in [7, 11) is 1.94. The lowest BCUT2D eigenvalue weighted by atomic mass is 10.1. The van der Waals surface area contributed by atoms with E-state index in [9.17, 15) is 14.7 Å². The lowest BCUT2D eigenvalue weighted by Gasteiger charge is -2.17. The number of rotatable bonds is 10. The van der Waals surface area contributed by atoms with E-state index < -0.39 is 17.9 Å². The number of amides is 1.